The van der Waals surface area contributed by atoms with E-state index >= 15 is 0 Å². The van der Waals surface area contributed by atoms with E-state index < -0.39 is 8.32 Å². The fraction of sp³-hybridized carbons (Fsp3) is 0.929. The van der Waals surface area contributed by atoms with E-state index in [4.69, 9.17) is 4.43 Å². The van der Waals surface area contributed by atoms with E-state index in [1.807, 2.05) is 5.57 Å². The SMILES string of the molecule is CCC[C@H]1CC=C2[C@@H]3CC[C@@H]4C[C@@H](O[Si](C)(C)C(C)(C)C)CC[C@]4(C)[C@H]3CC[C@@]21C. The highest BCUT2D eigenvalue weighted by Crippen LogP contribution is 2.66. The summed E-state index contributed by atoms with van der Waals surface area (Å²) in [5, 5.41) is 0.323. The van der Waals surface area contributed by atoms with Gasteiger partial charge >= 0.3 is 0 Å². The van der Waals surface area contributed by atoms with E-state index in [0.29, 0.717) is 22.0 Å². The number of hydrogen-bond acceptors (Lipinski definition) is 1. The number of allylic oxidation sites excluding steroid dienone is 2. The summed E-state index contributed by atoms with van der Waals surface area (Å²) < 4.78 is 6.93. The molecule has 0 spiro atoms. The molecule has 30 heavy (non-hydrogen) atoms. The predicted octanol–water partition coefficient (Wildman–Crippen LogP) is 8.76. The van der Waals surface area contributed by atoms with Crippen molar-refractivity contribution in [2.75, 3.05) is 0 Å². The molecule has 0 aromatic carbocycles. The van der Waals surface area contributed by atoms with Crippen molar-refractivity contribution in [1.29, 1.82) is 0 Å². The van der Waals surface area contributed by atoms with Gasteiger partial charge in [0.05, 0.1) is 0 Å². The topological polar surface area (TPSA) is 9.23 Å². The molecule has 0 amide bonds. The van der Waals surface area contributed by atoms with Crippen LogP contribution in [0.15, 0.2) is 11.6 Å². The predicted molar refractivity (Wildman–Crippen MR) is 132 cm³/mol. The zero-order valence-electron chi connectivity index (χ0n) is 21.4. The second-order valence-electron chi connectivity index (χ2n) is 13.6. The maximum absolute atomic E-state index is 6.93. The Kier molecular flexibility index (Phi) is 5.97. The second-order valence-corrected chi connectivity index (χ2v) is 18.4. The van der Waals surface area contributed by atoms with E-state index in [9.17, 15) is 0 Å². The van der Waals surface area contributed by atoms with Crippen LogP contribution < -0.4 is 0 Å². The molecule has 1 nitrogen and oxygen atoms in total. The lowest BCUT2D eigenvalue weighted by Crippen LogP contribution is -2.53. The van der Waals surface area contributed by atoms with Gasteiger partial charge in [-0.25, -0.2) is 0 Å². The molecule has 3 saturated carbocycles. The molecule has 0 bridgehead atoms. The Labute approximate surface area is 188 Å². The maximum Gasteiger partial charge on any atom is 0.192 e. The minimum absolute atomic E-state index is 0.323. The van der Waals surface area contributed by atoms with Gasteiger partial charge in [0.25, 0.3) is 0 Å². The molecule has 0 heterocycles. The third kappa shape index (κ3) is 3.60. The molecule has 172 valence electrons. The van der Waals surface area contributed by atoms with Crippen molar-refractivity contribution in [3.63, 3.8) is 0 Å². The van der Waals surface area contributed by atoms with Crippen molar-refractivity contribution in [3.05, 3.63) is 11.6 Å². The lowest BCUT2D eigenvalue weighted by Gasteiger charge is -2.60. The first-order valence-electron chi connectivity index (χ1n) is 13.3. The molecule has 4 aliphatic rings. The van der Waals surface area contributed by atoms with Crippen molar-refractivity contribution in [1.82, 2.24) is 0 Å². The summed E-state index contributed by atoms with van der Waals surface area (Å²) in [6.07, 6.45) is 17.3. The van der Waals surface area contributed by atoms with Crippen LogP contribution in [0.25, 0.3) is 0 Å². The van der Waals surface area contributed by atoms with E-state index in [1.165, 1.54) is 64.2 Å². The first-order chi connectivity index (χ1) is 13.9. The van der Waals surface area contributed by atoms with Gasteiger partial charge in [-0.15, -0.1) is 0 Å². The molecule has 0 unspecified atom stereocenters. The highest BCUT2D eigenvalue weighted by atomic mass is 28.4. The Morgan fingerprint density at radius 2 is 1.80 bits per heavy atom. The summed E-state index contributed by atoms with van der Waals surface area (Å²) in [5.74, 6) is 3.65. The number of hydrogen-bond donors (Lipinski definition) is 0. The molecule has 0 aliphatic heterocycles. The maximum atomic E-state index is 6.93. The molecule has 3 fully saturated rings. The Morgan fingerprint density at radius 3 is 2.47 bits per heavy atom. The quantitative estimate of drug-likeness (QED) is 0.320. The van der Waals surface area contributed by atoms with Gasteiger partial charge < -0.3 is 4.43 Å². The highest BCUT2D eigenvalue weighted by molar-refractivity contribution is 6.74. The molecule has 4 rings (SSSR count). The molecular weight excluding hydrogens is 380 g/mol. The third-order valence-corrected chi connectivity index (χ3v) is 15.6. The summed E-state index contributed by atoms with van der Waals surface area (Å²) in [6, 6.07) is 0. The summed E-state index contributed by atoms with van der Waals surface area (Å²) in [7, 11) is -1.66. The van der Waals surface area contributed by atoms with Gasteiger partial charge in [-0.1, -0.05) is 59.6 Å². The summed E-state index contributed by atoms with van der Waals surface area (Å²) in [4.78, 5) is 0. The molecule has 4 aliphatic carbocycles. The molecule has 0 saturated heterocycles. The zero-order valence-corrected chi connectivity index (χ0v) is 22.4. The second kappa shape index (κ2) is 7.75. The molecule has 0 aromatic rings. The molecule has 0 aromatic heterocycles. The molecule has 0 radical (unpaired) electrons. The average Bonchev–Trinajstić information content (AvgIpc) is 2.98. The van der Waals surface area contributed by atoms with E-state index in [0.717, 1.165) is 23.7 Å². The Bertz CT molecular complexity index is 673. The largest absolute Gasteiger partial charge is 0.414 e. The van der Waals surface area contributed by atoms with Crippen molar-refractivity contribution in [2.24, 2.45) is 34.5 Å². The van der Waals surface area contributed by atoms with Gasteiger partial charge in [-0.2, -0.15) is 0 Å². The first-order valence-corrected chi connectivity index (χ1v) is 16.2. The fourth-order valence-electron chi connectivity index (χ4n) is 8.12. The minimum atomic E-state index is -1.66. The van der Waals surface area contributed by atoms with Crippen molar-refractivity contribution in [2.45, 2.75) is 130 Å². The van der Waals surface area contributed by atoms with E-state index in [1.54, 1.807) is 0 Å². The van der Waals surface area contributed by atoms with Gasteiger partial charge in [0.1, 0.15) is 0 Å². The Balaban J connectivity index is 1.48. The monoisotopic (exact) mass is 430 g/mol. The number of fused-ring (bicyclic) bond motifs is 5. The Hall–Kier alpha value is -0.0831. The van der Waals surface area contributed by atoms with Crippen molar-refractivity contribution in [3.8, 4) is 0 Å². The lowest BCUT2D eigenvalue weighted by molar-refractivity contribution is -0.0819. The summed E-state index contributed by atoms with van der Waals surface area (Å²) in [5.41, 5.74) is 3.00. The normalized spacial score (nSPS) is 44.1. The summed E-state index contributed by atoms with van der Waals surface area (Å²) in [6.45, 7) is 19.8. The van der Waals surface area contributed by atoms with Crippen LogP contribution in [0.3, 0.4) is 0 Å². The van der Waals surface area contributed by atoms with Crippen LogP contribution in [0.2, 0.25) is 18.1 Å². The van der Waals surface area contributed by atoms with Gasteiger partial charge in [0, 0.05) is 6.10 Å². The molecule has 0 N–H and O–H groups in total. The van der Waals surface area contributed by atoms with Gasteiger partial charge in [-0.05, 0) is 110 Å². The van der Waals surface area contributed by atoms with Crippen LogP contribution in [-0.2, 0) is 4.43 Å². The zero-order chi connectivity index (χ0) is 21.9. The molecule has 2 heteroatoms. The minimum Gasteiger partial charge on any atom is -0.414 e. The third-order valence-electron chi connectivity index (χ3n) is 11.1. The first kappa shape index (κ1) is 23.1. The van der Waals surface area contributed by atoms with Gasteiger partial charge in [0.15, 0.2) is 8.32 Å². The molecular formula is C28H50OSi. The Morgan fingerprint density at radius 1 is 1.07 bits per heavy atom. The van der Waals surface area contributed by atoms with Crippen LogP contribution in [0.4, 0.5) is 0 Å². The number of rotatable bonds is 4. The van der Waals surface area contributed by atoms with Gasteiger partial charge in [-0.3, -0.25) is 0 Å². The van der Waals surface area contributed by atoms with Crippen molar-refractivity contribution >= 4 is 8.32 Å². The smallest absolute Gasteiger partial charge is 0.192 e. The van der Waals surface area contributed by atoms with E-state index in [-0.39, 0.29) is 0 Å². The van der Waals surface area contributed by atoms with Crippen LogP contribution in [0.1, 0.15) is 106 Å². The van der Waals surface area contributed by atoms with Crippen molar-refractivity contribution < 1.29 is 4.43 Å². The molecule has 7 atom stereocenters. The summed E-state index contributed by atoms with van der Waals surface area (Å²) >= 11 is 0. The highest BCUT2D eigenvalue weighted by Gasteiger charge is 2.57. The fourth-order valence-corrected chi connectivity index (χ4v) is 9.52. The standard InChI is InChI=1S/C28H50OSi/c1-9-10-20-12-14-24-23-13-11-21-19-22(29-30(7,8)26(2,3)4)15-17-28(21,6)25(23)16-18-27(20,24)5/h14,20-23,25H,9-13,15-19H2,1-8H3/t20-,21+,22-,23-,25-,27+,28-/m0/s1. The van der Waals surface area contributed by atoms with Crippen LogP contribution in [0.5, 0.6) is 0 Å². The van der Waals surface area contributed by atoms with E-state index in [2.05, 4.69) is 60.7 Å². The van der Waals surface area contributed by atoms with Crippen LogP contribution in [0, 0.1) is 34.5 Å². The lowest BCUT2D eigenvalue weighted by atomic mass is 9.46. The van der Waals surface area contributed by atoms with Crippen LogP contribution >= 0.6 is 0 Å². The average molecular weight is 431 g/mol. The van der Waals surface area contributed by atoms with Gasteiger partial charge in [0.2, 0.25) is 0 Å². The van der Waals surface area contributed by atoms with Crippen LogP contribution in [-0.4, -0.2) is 14.4 Å².